The van der Waals surface area contributed by atoms with Crippen molar-refractivity contribution in [2.75, 3.05) is 13.2 Å². The van der Waals surface area contributed by atoms with Gasteiger partial charge in [-0.1, -0.05) is 12.1 Å². The molecule has 0 bridgehead atoms. The SMILES string of the molecule is O=C(O)C1(NS(=O)(=O)Cc2ccc(F)cc2)CCOC1. The van der Waals surface area contributed by atoms with Crippen LogP contribution in [0.5, 0.6) is 0 Å². The van der Waals surface area contributed by atoms with E-state index in [1.807, 2.05) is 0 Å². The Labute approximate surface area is 115 Å². The first-order valence-corrected chi connectivity index (χ1v) is 7.55. The van der Waals surface area contributed by atoms with E-state index in [0.717, 1.165) is 12.1 Å². The van der Waals surface area contributed by atoms with Crippen molar-refractivity contribution in [2.24, 2.45) is 0 Å². The van der Waals surface area contributed by atoms with Crippen molar-refractivity contribution in [1.29, 1.82) is 0 Å². The van der Waals surface area contributed by atoms with Crippen molar-refractivity contribution >= 4 is 16.0 Å². The van der Waals surface area contributed by atoms with Crippen LogP contribution >= 0.6 is 0 Å². The molecule has 1 aromatic carbocycles. The number of carboxylic acid groups (broad SMARTS) is 1. The minimum Gasteiger partial charge on any atom is -0.480 e. The highest BCUT2D eigenvalue weighted by Gasteiger charge is 2.45. The van der Waals surface area contributed by atoms with Gasteiger partial charge < -0.3 is 9.84 Å². The number of carbonyl (C=O) groups is 1. The summed E-state index contributed by atoms with van der Waals surface area (Å²) >= 11 is 0. The summed E-state index contributed by atoms with van der Waals surface area (Å²) in [4.78, 5) is 11.2. The van der Waals surface area contributed by atoms with E-state index in [9.17, 15) is 22.7 Å². The first kappa shape index (κ1) is 14.9. The minimum atomic E-state index is -3.87. The Kier molecular flexibility index (Phi) is 4.07. The molecule has 110 valence electrons. The summed E-state index contributed by atoms with van der Waals surface area (Å²) in [6, 6.07) is 4.98. The topological polar surface area (TPSA) is 92.7 Å². The van der Waals surface area contributed by atoms with E-state index in [4.69, 9.17) is 4.74 Å². The number of aliphatic carboxylic acids is 1. The fraction of sp³-hybridized carbons (Fsp3) is 0.417. The molecule has 0 saturated carbocycles. The molecule has 0 amide bonds. The third-order valence-electron chi connectivity index (χ3n) is 3.05. The molecular formula is C12H14FNO5S. The van der Waals surface area contributed by atoms with Crippen LogP contribution in [0.4, 0.5) is 4.39 Å². The third-order valence-corrected chi connectivity index (χ3v) is 4.47. The summed E-state index contributed by atoms with van der Waals surface area (Å²) in [7, 11) is -3.87. The Bertz CT molecular complexity index is 593. The molecule has 1 aliphatic heterocycles. The maximum atomic E-state index is 12.8. The van der Waals surface area contributed by atoms with Crippen molar-refractivity contribution in [3.8, 4) is 0 Å². The predicted octanol–water partition coefficient (Wildman–Crippen LogP) is 0.489. The van der Waals surface area contributed by atoms with E-state index in [1.54, 1.807) is 0 Å². The fourth-order valence-corrected chi connectivity index (χ4v) is 3.54. The highest BCUT2D eigenvalue weighted by atomic mass is 32.2. The lowest BCUT2D eigenvalue weighted by Gasteiger charge is -2.23. The molecule has 2 rings (SSSR count). The lowest BCUT2D eigenvalue weighted by atomic mass is 10.0. The molecule has 1 unspecified atom stereocenters. The van der Waals surface area contributed by atoms with Crippen LogP contribution in [-0.2, 0) is 25.3 Å². The van der Waals surface area contributed by atoms with Crippen LogP contribution in [0.2, 0.25) is 0 Å². The minimum absolute atomic E-state index is 0.0744. The Hall–Kier alpha value is -1.51. The van der Waals surface area contributed by atoms with E-state index in [1.165, 1.54) is 12.1 Å². The maximum absolute atomic E-state index is 12.8. The molecule has 1 heterocycles. The molecule has 2 N–H and O–H groups in total. The molecule has 1 fully saturated rings. The predicted molar refractivity (Wildman–Crippen MR) is 68.0 cm³/mol. The van der Waals surface area contributed by atoms with Crippen molar-refractivity contribution in [2.45, 2.75) is 17.7 Å². The molecular weight excluding hydrogens is 289 g/mol. The lowest BCUT2D eigenvalue weighted by molar-refractivity contribution is -0.144. The second-order valence-electron chi connectivity index (χ2n) is 4.68. The zero-order valence-corrected chi connectivity index (χ0v) is 11.3. The molecule has 8 heteroatoms. The zero-order chi connectivity index (χ0) is 14.8. The van der Waals surface area contributed by atoms with Gasteiger partial charge in [-0.3, -0.25) is 4.79 Å². The maximum Gasteiger partial charge on any atom is 0.327 e. The van der Waals surface area contributed by atoms with E-state index < -0.39 is 33.1 Å². The molecule has 1 saturated heterocycles. The van der Waals surface area contributed by atoms with Gasteiger partial charge in [0, 0.05) is 13.0 Å². The average molecular weight is 303 g/mol. The van der Waals surface area contributed by atoms with Gasteiger partial charge in [0.2, 0.25) is 10.0 Å². The summed E-state index contributed by atoms with van der Waals surface area (Å²) in [5.74, 6) is -2.15. The number of ether oxygens (including phenoxy) is 1. The Morgan fingerprint density at radius 3 is 2.55 bits per heavy atom. The quantitative estimate of drug-likeness (QED) is 0.826. The molecule has 6 nitrogen and oxygen atoms in total. The number of carboxylic acids is 1. The Balaban J connectivity index is 2.14. The Morgan fingerprint density at radius 1 is 1.40 bits per heavy atom. The van der Waals surface area contributed by atoms with Crippen molar-refractivity contribution in [1.82, 2.24) is 4.72 Å². The number of sulfonamides is 1. The number of benzene rings is 1. The van der Waals surface area contributed by atoms with E-state index >= 15 is 0 Å². The van der Waals surface area contributed by atoms with Crippen LogP contribution in [0.1, 0.15) is 12.0 Å². The molecule has 0 aromatic heterocycles. The number of hydrogen-bond acceptors (Lipinski definition) is 4. The van der Waals surface area contributed by atoms with E-state index in [2.05, 4.69) is 4.72 Å². The highest BCUT2D eigenvalue weighted by Crippen LogP contribution is 2.21. The zero-order valence-electron chi connectivity index (χ0n) is 10.5. The number of rotatable bonds is 5. The molecule has 0 spiro atoms. The molecule has 0 radical (unpaired) electrons. The van der Waals surface area contributed by atoms with Crippen molar-refractivity contribution in [3.05, 3.63) is 35.6 Å². The summed E-state index contributed by atoms with van der Waals surface area (Å²) in [6.07, 6.45) is 0.0744. The van der Waals surface area contributed by atoms with Crippen LogP contribution in [0.25, 0.3) is 0 Å². The lowest BCUT2D eigenvalue weighted by Crippen LogP contribution is -2.55. The summed E-state index contributed by atoms with van der Waals surface area (Å²) in [5, 5.41) is 9.17. The standard InChI is InChI=1S/C12H14FNO5S/c13-10-3-1-9(2-4-10)7-20(17,18)14-12(11(15)16)5-6-19-8-12/h1-4,14H,5-8H2,(H,15,16). The Morgan fingerprint density at radius 2 is 2.05 bits per heavy atom. The summed E-state index contributed by atoms with van der Waals surface area (Å²) < 4.78 is 44.0. The highest BCUT2D eigenvalue weighted by molar-refractivity contribution is 7.88. The molecule has 1 atom stereocenters. The van der Waals surface area contributed by atoms with Crippen LogP contribution in [-0.4, -0.2) is 38.2 Å². The van der Waals surface area contributed by atoms with Crippen LogP contribution in [0.3, 0.4) is 0 Å². The number of hydrogen-bond donors (Lipinski definition) is 2. The smallest absolute Gasteiger partial charge is 0.327 e. The van der Waals surface area contributed by atoms with Gasteiger partial charge in [0.05, 0.1) is 12.4 Å². The van der Waals surface area contributed by atoms with Crippen LogP contribution in [0, 0.1) is 5.82 Å². The monoisotopic (exact) mass is 303 g/mol. The fourth-order valence-electron chi connectivity index (χ4n) is 1.99. The third kappa shape index (κ3) is 3.33. The van der Waals surface area contributed by atoms with Gasteiger partial charge >= 0.3 is 5.97 Å². The normalized spacial score (nSPS) is 22.9. The van der Waals surface area contributed by atoms with Gasteiger partial charge in [-0.25, -0.2) is 12.8 Å². The molecule has 0 aliphatic carbocycles. The van der Waals surface area contributed by atoms with Crippen molar-refractivity contribution in [3.63, 3.8) is 0 Å². The van der Waals surface area contributed by atoms with Gasteiger partial charge in [-0.2, -0.15) is 4.72 Å². The van der Waals surface area contributed by atoms with Gasteiger partial charge in [0.15, 0.2) is 5.54 Å². The number of halogens is 1. The van der Waals surface area contributed by atoms with Crippen LogP contribution < -0.4 is 4.72 Å². The number of nitrogens with one attached hydrogen (secondary N) is 1. The second-order valence-corrected chi connectivity index (χ2v) is 6.40. The molecule has 1 aromatic rings. The van der Waals surface area contributed by atoms with Gasteiger partial charge in [0.25, 0.3) is 0 Å². The molecule has 1 aliphatic rings. The first-order chi connectivity index (χ1) is 9.33. The van der Waals surface area contributed by atoms with Gasteiger partial charge in [-0.05, 0) is 17.7 Å². The second kappa shape index (κ2) is 5.47. The average Bonchev–Trinajstić information content (AvgIpc) is 2.81. The molecule has 20 heavy (non-hydrogen) atoms. The first-order valence-electron chi connectivity index (χ1n) is 5.90. The summed E-state index contributed by atoms with van der Waals surface area (Å²) in [6.45, 7) is -0.0175. The van der Waals surface area contributed by atoms with E-state index in [0.29, 0.717) is 5.56 Å². The summed E-state index contributed by atoms with van der Waals surface area (Å²) in [5.41, 5.74) is -1.24. The largest absolute Gasteiger partial charge is 0.480 e. The van der Waals surface area contributed by atoms with Gasteiger partial charge in [-0.15, -0.1) is 0 Å². The van der Waals surface area contributed by atoms with Gasteiger partial charge in [0.1, 0.15) is 5.82 Å². The van der Waals surface area contributed by atoms with Crippen LogP contribution in [0.15, 0.2) is 24.3 Å². The van der Waals surface area contributed by atoms with E-state index in [-0.39, 0.29) is 19.6 Å². The van der Waals surface area contributed by atoms with Crippen molar-refractivity contribution < 1.29 is 27.4 Å².